The van der Waals surface area contributed by atoms with Crippen molar-refractivity contribution in [3.63, 3.8) is 0 Å². The van der Waals surface area contributed by atoms with Gasteiger partial charge < -0.3 is 4.90 Å². The van der Waals surface area contributed by atoms with E-state index in [2.05, 4.69) is 15.9 Å². The predicted octanol–water partition coefficient (Wildman–Crippen LogP) is 3.56. The molecule has 0 bridgehead atoms. The fourth-order valence-electron chi connectivity index (χ4n) is 2.46. The Morgan fingerprint density at radius 1 is 1.29 bits per heavy atom. The fraction of sp³-hybridized carbons (Fsp3) is 0.438. The summed E-state index contributed by atoms with van der Waals surface area (Å²) in [5.41, 5.74) is 1.18. The molecule has 1 saturated heterocycles. The molecule has 114 valence electrons. The molecular formula is C16H20Cl2N2O. The normalized spacial score (nSPS) is 17.1. The SMILES string of the molecule is CC(=O)C=C(Cl)CCN1CCN(c2cccc(Cl)c2)CC1. The first-order valence-corrected chi connectivity index (χ1v) is 7.90. The molecule has 2 rings (SSSR count). The van der Waals surface area contributed by atoms with Crippen LogP contribution < -0.4 is 4.90 Å². The molecule has 21 heavy (non-hydrogen) atoms. The van der Waals surface area contributed by atoms with Gasteiger partial charge in [0.1, 0.15) is 0 Å². The molecule has 1 aromatic rings. The third-order valence-corrected chi connectivity index (χ3v) is 4.11. The number of halogens is 2. The van der Waals surface area contributed by atoms with Crippen molar-refractivity contribution in [3.8, 4) is 0 Å². The molecule has 0 radical (unpaired) electrons. The number of carbonyl (C=O) groups is 1. The van der Waals surface area contributed by atoms with E-state index in [0.29, 0.717) is 5.03 Å². The Balaban J connectivity index is 1.79. The molecule has 3 nitrogen and oxygen atoms in total. The molecule has 0 atom stereocenters. The van der Waals surface area contributed by atoms with Crippen molar-refractivity contribution >= 4 is 34.7 Å². The largest absolute Gasteiger partial charge is 0.369 e. The Bertz CT molecular complexity index is 523. The van der Waals surface area contributed by atoms with E-state index in [9.17, 15) is 4.79 Å². The Hall–Kier alpha value is -1.03. The van der Waals surface area contributed by atoms with Crippen molar-refractivity contribution in [2.45, 2.75) is 13.3 Å². The molecule has 5 heteroatoms. The molecule has 0 unspecified atom stereocenters. The van der Waals surface area contributed by atoms with Gasteiger partial charge in [-0.2, -0.15) is 0 Å². The summed E-state index contributed by atoms with van der Waals surface area (Å²) in [6, 6.07) is 7.97. The van der Waals surface area contributed by atoms with Crippen LogP contribution in [0.5, 0.6) is 0 Å². The first-order chi connectivity index (χ1) is 10.0. The van der Waals surface area contributed by atoms with E-state index in [0.717, 1.165) is 44.2 Å². The Kier molecular flexibility index (Phi) is 6.09. The molecule has 0 spiro atoms. The number of piperazine rings is 1. The smallest absolute Gasteiger partial charge is 0.153 e. The highest BCUT2D eigenvalue weighted by Gasteiger charge is 2.17. The monoisotopic (exact) mass is 326 g/mol. The summed E-state index contributed by atoms with van der Waals surface area (Å²) in [6.45, 7) is 6.37. The van der Waals surface area contributed by atoms with E-state index in [-0.39, 0.29) is 5.78 Å². The molecule has 1 aliphatic heterocycles. The van der Waals surface area contributed by atoms with Crippen LogP contribution in [0.25, 0.3) is 0 Å². The Morgan fingerprint density at radius 3 is 2.62 bits per heavy atom. The summed E-state index contributed by atoms with van der Waals surface area (Å²) >= 11 is 12.1. The quantitative estimate of drug-likeness (QED) is 0.773. The lowest BCUT2D eigenvalue weighted by molar-refractivity contribution is -0.112. The van der Waals surface area contributed by atoms with Crippen LogP contribution in [0.4, 0.5) is 5.69 Å². The van der Waals surface area contributed by atoms with Gasteiger partial charge in [-0.15, -0.1) is 0 Å². The Labute approximate surface area is 136 Å². The molecule has 0 aliphatic carbocycles. The summed E-state index contributed by atoms with van der Waals surface area (Å²) < 4.78 is 0. The van der Waals surface area contributed by atoms with Crippen molar-refractivity contribution in [3.05, 3.63) is 40.4 Å². The topological polar surface area (TPSA) is 23.6 Å². The average Bonchev–Trinajstić information content (AvgIpc) is 2.45. The van der Waals surface area contributed by atoms with Crippen molar-refractivity contribution < 1.29 is 4.79 Å². The molecule has 0 aromatic heterocycles. The van der Waals surface area contributed by atoms with E-state index < -0.39 is 0 Å². The molecule has 1 aliphatic rings. The highest BCUT2D eigenvalue weighted by molar-refractivity contribution is 6.31. The maximum absolute atomic E-state index is 10.9. The van der Waals surface area contributed by atoms with Crippen molar-refractivity contribution in [2.75, 3.05) is 37.6 Å². The minimum absolute atomic E-state index is 0.00535. The lowest BCUT2D eigenvalue weighted by atomic mass is 10.2. The standard InChI is InChI=1S/C16H20Cl2N2O/c1-13(21)11-15(18)5-6-19-7-9-20(10-8-19)16-4-2-3-14(17)12-16/h2-4,11-12H,5-10H2,1H3. The van der Waals surface area contributed by atoms with Gasteiger partial charge in [-0.05, 0) is 37.6 Å². The maximum atomic E-state index is 10.9. The van der Waals surface area contributed by atoms with Crippen LogP contribution in [-0.4, -0.2) is 43.4 Å². The van der Waals surface area contributed by atoms with Crippen LogP contribution in [0.2, 0.25) is 5.02 Å². The number of nitrogens with zero attached hydrogens (tertiary/aromatic N) is 2. The molecule has 0 amide bonds. The zero-order valence-electron chi connectivity index (χ0n) is 12.2. The number of benzene rings is 1. The molecule has 0 N–H and O–H groups in total. The fourth-order valence-corrected chi connectivity index (χ4v) is 2.88. The number of carbonyl (C=O) groups excluding carboxylic acids is 1. The third-order valence-electron chi connectivity index (χ3n) is 3.57. The van der Waals surface area contributed by atoms with Crippen LogP contribution in [0.1, 0.15) is 13.3 Å². The van der Waals surface area contributed by atoms with Gasteiger partial charge >= 0.3 is 0 Å². The van der Waals surface area contributed by atoms with Crippen LogP contribution in [-0.2, 0) is 4.79 Å². The second-order valence-electron chi connectivity index (χ2n) is 5.26. The van der Waals surface area contributed by atoms with Gasteiger partial charge in [0, 0.05) is 48.5 Å². The van der Waals surface area contributed by atoms with E-state index in [1.807, 2.05) is 18.2 Å². The van der Waals surface area contributed by atoms with E-state index in [4.69, 9.17) is 23.2 Å². The van der Waals surface area contributed by atoms with E-state index in [1.165, 1.54) is 18.7 Å². The number of hydrogen-bond donors (Lipinski definition) is 0. The minimum atomic E-state index is 0.00535. The van der Waals surface area contributed by atoms with Gasteiger partial charge in [0.2, 0.25) is 0 Å². The molecule has 0 saturated carbocycles. The van der Waals surface area contributed by atoms with Crippen LogP contribution in [0.3, 0.4) is 0 Å². The first-order valence-electron chi connectivity index (χ1n) is 7.14. The third kappa shape index (κ3) is 5.34. The summed E-state index contributed by atoms with van der Waals surface area (Å²) in [5, 5.41) is 1.41. The molecular weight excluding hydrogens is 307 g/mol. The number of rotatable bonds is 5. The van der Waals surface area contributed by atoms with Gasteiger partial charge in [0.15, 0.2) is 5.78 Å². The summed E-state index contributed by atoms with van der Waals surface area (Å²) in [6.07, 6.45) is 2.24. The van der Waals surface area contributed by atoms with Crippen LogP contribution in [0.15, 0.2) is 35.4 Å². The average molecular weight is 327 g/mol. The van der Waals surface area contributed by atoms with Crippen molar-refractivity contribution in [1.82, 2.24) is 4.90 Å². The highest BCUT2D eigenvalue weighted by atomic mass is 35.5. The molecule has 1 aromatic carbocycles. The summed E-state index contributed by atoms with van der Waals surface area (Å²) in [5.74, 6) is 0.00535. The maximum Gasteiger partial charge on any atom is 0.153 e. The second kappa shape index (κ2) is 7.83. The molecule has 1 heterocycles. The zero-order chi connectivity index (χ0) is 15.2. The van der Waals surface area contributed by atoms with Gasteiger partial charge in [-0.1, -0.05) is 29.3 Å². The predicted molar refractivity (Wildman–Crippen MR) is 89.3 cm³/mol. The van der Waals surface area contributed by atoms with Gasteiger partial charge in [-0.25, -0.2) is 0 Å². The van der Waals surface area contributed by atoms with Crippen molar-refractivity contribution in [2.24, 2.45) is 0 Å². The van der Waals surface area contributed by atoms with Gasteiger partial charge in [0.05, 0.1) is 0 Å². The summed E-state index contributed by atoms with van der Waals surface area (Å²) in [4.78, 5) is 15.7. The van der Waals surface area contributed by atoms with Crippen molar-refractivity contribution in [1.29, 1.82) is 0 Å². The van der Waals surface area contributed by atoms with Crippen LogP contribution in [0, 0.1) is 0 Å². The lowest BCUT2D eigenvalue weighted by Gasteiger charge is -2.36. The first kappa shape index (κ1) is 16.3. The number of anilines is 1. The second-order valence-corrected chi connectivity index (χ2v) is 6.18. The van der Waals surface area contributed by atoms with Gasteiger partial charge in [0.25, 0.3) is 0 Å². The number of allylic oxidation sites excluding steroid dienone is 1. The lowest BCUT2D eigenvalue weighted by Crippen LogP contribution is -2.46. The number of ketones is 1. The summed E-state index contributed by atoms with van der Waals surface area (Å²) in [7, 11) is 0. The van der Waals surface area contributed by atoms with Crippen LogP contribution >= 0.6 is 23.2 Å². The van der Waals surface area contributed by atoms with E-state index in [1.54, 1.807) is 0 Å². The molecule has 1 fully saturated rings. The van der Waals surface area contributed by atoms with E-state index >= 15 is 0 Å². The minimum Gasteiger partial charge on any atom is -0.369 e. The zero-order valence-corrected chi connectivity index (χ0v) is 13.7. The van der Waals surface area contributed by atoms with Gasteiger partial charge in [-0.3, -0.25) is 9.69 Å². The Morgan fingerprint density at radius 2 is 2.00 bits per heavy atom. The highest BCUT2D eigenvalue weighted by Crippen LogP contribution is 2.21. The number of hydrogen-bond acceptors (Lipinski definition) is 3.